The van der Waals surface area contributed by atoms with Gasteiger partial charge in [0.25, 0.3) is 5.91 Å². The third-order valence-corrected chi connectivity index (χ3v) is 5.94. The third-order valence-electron chi connectivity index (χ3n) is 5.94. The van der Waals surface area contributed by atoms with Crippen molar-refractivity contribution >= 4 is 16.9 Å². The molecule has 0 unspecified atom stereocenters. The molecule has 3 aromatic carbocycles. The largest absolute Gasteiger partial charge is 0.490 e. The van der Waals surface area contributed by atoms with E-state index in [1.807, 2.05) is 81.4 Å². The van der Waals surface area contributed by atoms with Gasteiger partial charge in [-0.15, -0.1) is 0 Å². The van der Waals surface area contributed by atoms with Gasteiger partial charge in [0, 0.05) is 18.5 Å². The average molecular weight is 472 g/mol. The lowest BCUT2D eigenvalue weighted by atomic mass is 10.1. The van der Waals surface area contributed by atoms with Crippen molar-refractivity contribution < 1.29 is 14.3 Å². The standard InChI is InChI=1S/C29H33N3O3/c1-4-34-26-12-7-8-13-27(26)35-19-18-32-25-11-6-5-10-24(25)31-28(32)14-9-17-30-29(33)23-16-15-21(2)20-22(23)3/h5-8,10-13,15-16,20H,4,9,14,17-19H2,1-3H3,(H,30,33). The van der Waals surface area contributed by atoms with E-state index >= 15 is 0 Å². The van der Waals surface area contributed by atoms with Crippen molar-refractivity contribution in [3.8, 4) is 11.5 Å². The van der Waals surface area contributed by atoms with Gasteiger partial charge in [-0.25, -0.2) is 4.98 Å². The summed E-state index contributed by atoms with van der Waals surface area (Å²) in [6, 6.07) is 21.8. The van der Waals surface area contributed by atoms with Crippen LogP contribution in [0.2, 0.25) is 0 Å². The zero-order chi connectivity index (χ0) is 24.6. The highest BCUT2D eigenvalue weighted by atomic mass is 16.5. The molecule has 4 aromatic rings. The zero-order valence-electron chi connectivity index (χ0n) is 20.7. The molecule has 0 aliphatic rings. The van der Waals surface area contributed by atoms with Crippen LogP contribution in [-0.4, -0.2) is 35.2 Å². The van der Waals surface area contributed by atoms with Crippen LogP contribution in [0.15, 0.2) is 66.7 Å². The number of amides is 1. The molecular weight excluding hydrogens is 438 g/mol. The second kappa shape index (κ2) is 11.6. The summed E-state index contributed by atoms with van der Waals surface area (Å²) in [4.78, 5) is 17.4. The molecule has 0 fully saturated rings. The first-order chi connectivity index (χ1) is 17.1. The lowest BCUT2D eigenvalue weighted by Gasteiger charge is -2.14. The topological polar surface area (TPSA) is 65.4 Å². The molecule has 182 valence electrons. The number of hydrogen-bond acceptors (Lipinski definition) is 4. The van der Waals surface area contributed by atoms with Crippen LogP contribution in [0.5, 0.6) is 11.5 Å². The second-order valence-electron chi connectivity index (χ2n) is 8.57. The highest BCUT2D eigenvalue weighted by Crippen LogP contribution is 2.26. The highest BCUT2D eigenvalue weighted by Gasteiger charge is 2.12. The smallest absolute Gasteiger partial charge is 0.251 e. The molecule has 1 amide bonds. The fourth-order valence-electron chi connectivity index (χ4n) is 4.27. The SMILES string of the molecule is CCOc1ccccc1OCCn1c(CCCNC(=O)c2ccc(C)cc2C)nc2ccccc21. The van der Waals surface area contributed by atoms with E-state index in [0.717, 1.165) is 57.9 Å². The number of benzene rings is 3. The van der Waals surface area contributed by atoms with Gasteiger partial charge in [0.1, 0.15) is 12.4 Å². The predicted molar refractivity (Wildman–Crippen MR) is 139 cm³/mol. The molecule has 4 rings (SSSR count). The van der Waals surface area contributed by atoms with Crippen molar-refractivity contribution in [2.45, 2.75) is 40.2 Å². The number of carbonyl (C=O) groups is 1. The Morgan fingerprint density at radius 1 is 0.971 bits per heavy atom. The van der Waals surface area contributed by atoms with Gasteiger partial charge in [-0.1, -0.05) is 42.0 Å². The quantitative estimate of drug-likeness (QED) is 0.294. The molecule has 6 nitrogen and oxygen atoms in total. The number of nitrogens with zero attached hydrogens (tertiary/aromatic N) is 2. The van der Waals surface area contributed by atoms with Crippen molar-refractivity contribution in [2.24, 2.45) is 0 Å². The minimum Gasteiger partial charge on any atom is -0.490 e. The summed E-state index contributed by atoms with van der Waals surface area (Å²) in [5.41, 5.74) is 4.94. The molecule has 1 aromatic heterocycles. The van der Waals surface area contributed by atoms with Gasteiger partial charge in [-0.2, -0.15) is 0 Å². The van der Waals surface area contributed by atoms with Crippen molar-refractivity contribution in [3.05, 3.63) is 89.2 Å². The van der Waals surface area contributed by atoms with Gasteiger partial charge in [-0.3, -0.25) is 4.79 Å². The van der Waals surface area contributed by atoms with Gasteiger partial charge in [-0.05, 0) is 63.1 Å². The fourth-order valence-corrected chi connectivity index (χ4v) is 4.27. The van der Waals surface area contributed by atoms with Crippen molar-refractivity contribution in [2.75, 3.05) is 19.8 Å². The Kier molecular flexibility index (Phi) is 8.03. The lowest BCUT2D eigenvalue weighted by molar-refractivity contribution is 0.0952. The Balaban J connectivity index is 1.38. The zero-order valence-corrected chi connectivity index (χ0v) is 20.7. The summed E-state index contributed by atoms with van der Waals surface area (Å²) in [7, 11) is 0. The van der Waals surface area contributed by atoms with Crippen molar-refractivity contribution in [1.82, 2.24) is 14.9 Å². The van der Waals surface area contributed by atoms with Crippen molar-refractivity contribution in [3.63, 3.8) is 0 Å². The molecule has 6 heteroatoms. The molecule has 0 aliphatic heterocycles. The molecule has 0 atom stereocenters. The predicted octanol–water partition coefficient (Wildman–Crippen LogP) is 5.49. The number of para-hydroxylation sites is 4. The minimum absolute atomic E-state index is 0.0302. The Hall–Kier alpha value is -3.80. The molecule has 0 saturated heterocycles. The maximum atomic E-state index is 12.6. The van der Waals surface area contributed by atoms with Crippen LogP contribution in [0, 0.1) is 13.8 Å². The summed E-state index contributed by atoms with van der Waals surface area (Å²) in [6.45, 7) is 8.32. The molecule has 0 aliphatic carbocycles. The number of imidazole rings is 1. The van der Waals surface area contributed by atoms with Gasteiger partial charge in [0.05, 0.1) is 24.2 Å². The summed E-state index contributed by atoms with van der Waals surface area (Å²) in [6.07, 6.45) is 1.56. The molecule has 1 N–H and O–H groups in total. The molecule has 0 radical (unpaired) electrons. The number of aromatic nitrogens is 2. The fraction of sp³-hybridized carbons (Fsp3) is 0.310. The number of hydrogen-bond donors (Lipinski definition) is 1. The van der Waals surface area contributed by atoms with Crippen LogP contribution in [0.1, 0.15) is 40.7 Å². The normalized spacial score (nSPS) is 10.9. The monoisotopic (exact) mass is 471 g/mol. The molecule has 0 saturated carbocycles. The van der Waals surface area contributed by atoms with Gasteiger partial charge < -0.3 is 19.4 Å². The lowest BCUT2D eigenvalue weighted by Crippen LogP contribution is -2.25. The Labute approximate surface area is 206 Å². The average Bonchev–Trinajstić information content (AvgIpc) is 3.20. The number of ether oxygens (including phenoxy) is 2. The number of nitrogens with one attached hydrogen (secondary N) is 1. The molecular formula is C29H33N3O3. The summed E-state index contributed by atoms with van der Waals surface area (Å²) >= 11 is 0. The van der Waals surface area contributed by atoms with Gasteiger partial charge in [0.15, 0.2) is 11.5 Å². The van der Waals surface area contributed by atoms with Crippen LogP contribution in [-0.2, 0) is 13.0 Å². The van der Waals surface area contributed by atoms with E-state index in [4.69, 9.17) is 14.5 Å². The minimum atomic E-state index is -0.0302. The van der Waals surface area contributed by atoms with E-state index in [2.05, 4.69) is 16.0 Å². The highest BCUT2D eigenvalue weighted by molar-refractivity contribution is 5.95. The summed E-state index contributed by atoms with van der Waals surface area (Å²) in [5, 5.41) is 3.05. The number of aryl methyl sites for hydroxylation is 3. The Morgan fingerprint density at radius 3 is 2.49 bits per heavy atom. The number of fused-ring (bicyclic) bond motifs is 1. The number of carbonyl (C=O) groups excluding carboxylic acids is 1. The number of rotatable bonds is 11. The molecule has 1 heterocycles. The van der Waals surface area contributed by atoms with E-state index < -0.39 is 0 Å². The van der Waals surface area contributed by atoms with Gasteiger partial charge >= 0.3 is 0 Å². The van der Waals surface area contributed by atoms with E-state index in [-0.39, 0.29) is 5.91 Å². The Morgan fingerprint density at radius 2 is 1.71 bits per heavy atom. The summed E-state index contributed by atoms with van der Waals surface area (Å²) in [5.74, 6) is 2.46. The summed E-state index contributed by atoms with van der Waals surface area (Å²) < 4.78 is 13.9. The van der Waals surface area contributed by atoms with E-state index in [9.17, 15) is 4.79 Å². The molecule has 35 heavy (non-hydrogen) atoms. The second-order valence-corrected chi connectivity index (χ2v) is 8.57. The van der Waals surface area contributed by atoms with E-state index in [1.54, 1.807) is 0 Å². The van der Waals surface area contributed by atoms with Crippen molar-refractivity contribution in [1.29, 1.82) is 0 Å². The molecule has 0 spiro atoms. The maximum absolute atomic E-state index is 12.6. The van der Waals surface area contributed by atoms with Gasteiger partial charge in [0.2, 0.25) is 0 Å². The maximum Gasteiger partial charge on any atom is 0.251 e. The first kappa shape index (κ1) is 24.3. The Bertz CT molecular complexity index is 1300. The van der Waals surface area contributed by atoms with Crippen LogP contribution >= 0.6 is 0 Å². The van der Waals surface area contributed by atoms with Crippen LogP contribution in [0.25, 0.3) is 11.0 Å². The van der Waals surface area contributed by atoms with Crippen LogP contribution in [0.4, 0.5) is 0 Å². The first-order valence-corrected chi connectivity index (χ1v) is 12.2. The third kappa shape index (κ3) is 6.01. The van der Waals surface area contributed by atoms with Crippen LogP contribution < -0.4 is 14.8 Å². The molecule has 0 bridgehead atoms. The van der Waals surface area contributed by atoms with Crippen LogP contribution in [0.3, 0.4) is 0 Å². The van der Waals surface area contributed by atoms with E-state index in [1.165, 1.54) is 0 Å². The first-order valence-electron chi connectivity index (χ1n) is 12.2. The van der Waals surface area contributed by atoms with E-state index in [0.29, 0.717) is 26.3 Å².